The van der Waals surface area contributed by atoms with E-state index in [9.17, 15) is 28.4 Å². The molecule has 0 aromatic heterocycles. The van der Waals surface area contributed by atoms with Crippen LogP contribution >= 0.6 is 11.8 Å². The number of alkyl halides is 3. The molecular formula is C14H10F3NO4S. The number of hydrogen-bond acceptors (Lipinski definition) is 5. The minimum Gasteiger partial charge on any atom is -0.507 e. The Morgan fingerprint density at radius 1 is 1.22 bits per heavy atom. The third kappa shape index (κ3) is 3.86. The summed E-state index contributed by atoms with van der Waals surface area (Å²) >= 11 is 1.28. The molecule has 9 heteroatoms. The Kier molecular flexibility index (Phi) is 4.69. The highest BCUT2D eigenvalue weighted by Gasteiger charge is 2.33. The number of benzene rings is 2. The van der Waals surface area contributed by atoms with E-state index >= 15 is 0 Å². The number of phenolic OH excluding ortho intramolecular Hbond substituents is 1. The van der Waals surface area contributed by atoms with Crippen molar-refractivity contribution < 1.29 is 27.9 Å². The third-order valence-corrected chi connectivity index (χ3v) is 3.65. The minimum absolute atomic E-state index is 0.0724. The highest BCUT2D eigenvalue weighted by molar-refractivity contribution is 7.98. The summed E-state index contributed by atoms with van der Waals surface area (Å²) in [6, 6.07) is 6.19. The van der Waals surface area contributed by atoms with Crippen LogP contribution in [0.3, 0.4) is 0 Å². The second-order valence-electron chi connectivity index (χ2n) is 4.37. The van der Waals surface area contributed by atoms with Gasteiger partial charge in [-0.15, -0.1) is 11.8 Å². The number of rotatable bonds is 4. The fourth-order valence-electron chi connectivity index (χ4n) is 1.78. The van der Waals surface area contributed by atoms with Crippen molar-refractivity contribution >= 4 is 17.4 Å². The van der Waals surface area contributed by atoms with Gasteiger partial charge >= 0.3 is 11.9 Å². The first-order valence-electron chi connectivity index (χ1n) is 6.13. The zero-order valence-corrected chi connectivity index (χ0v) is 12.4. The van der Waals surface area contributed by atoms with Crippen LogP contribution in [-0.2, 0) is 6.18 Å². The van der Waals surface area contributed by atoms with Crippen LogP contribution in [-0.4, -0.2) is 16.3 Å². The van der Waals surface area contributed by atoms with Crippen LogP contribution in [0.2, 0.25) is 0 Å². The number of aromatic hydroxyl groups is 1. The molecule has 0 aliphatic carbocycles. The molecule has 0 saturated carbocycles. The van der Waals surface area contributed by atoms with E-state index in [0.717, 1.165) is 6.07 Å². The van der Waals surface area contributed by atoms with E-state index in [0.29, 0.717) is 17.0 Å². The maximum atomic E-state index is 12.6. The van der Waals surface area contributed by atoms with Crippen LogP contribution < -0.4 is 4.74 Å². The monoisotopic (exact) mass is 345 g/mol. The molecule has 0 atom stereocenters. The minimum atomic E-state index is -4.69. The topological polar surface area (TPSA) is 72.6 Å². The zero-order chi connectivity index (χ0) is 17.2. The molecule has 0 bridgehead atoms. The fourth-order valence-corrected chi connectivity index (χ4v) is 2.26. The molecule has 0 fully saturated rings. The van der Waals surface area contributed by atoms with Crippen molar-refractivity contribution in [3.63, 3.8) is 0 Å². The molecular weight excluding hydrogens is 335 g/mol. The van der Waals surface area contributed by atoms with E-state index in [1.54, 1.807) is 6.26 Å². The molecule has 2 rings (SSSR count). The SMILES string of the molecule is CSc1ccc(Oc2ccc(C(F)(F)F)cc2[N+](=O)[O-])cc1O. The molecule has 0 aliphatic heterocycles. The third-order valence-electron chi connectivity index (χ3n) is 2.86. The van der Waals surface area contributed by atoms with Gasteiger partial charge in [0, 0.05) is 17.0 Å². The Bertz CT molecular complexity index is 749. The van der Waals surface area contributed by atoms with E-state index in [1.807, 2.05) is 0 Å². The summed E-state index contributed by atoms with van der Waals surface area (Å²) in [4.78, 5) is 10.6. The molecule has 1 N–H and O–H groups in total. The average Bonchev–Trinajstić information content (AvgIpc) is 2.46. The van der Waals surface area contributed by atoms with E-state index in [1.165, 1.54) is 30.0 Å². The number of thioether (sulfide) groups is 1. The summed E-state index contributed by atoms with van der Waals surface area (Å²) < 4.78 is 43.1. The number of halogens is 3. The maximum absolute atomic E-state index is 12.6. The van der Waals surface area contributed by atoms with Gasteiger partial charge in [0.1, 0.15) is 11.5 Å². The number of ether oxygens (including phenoxy) is 1. The standard InChI is InChI=1S/C14H10F3NO4S/c1-23-13-5-3-9(7-11(13)19)22-12-4-2-8(14(15,16)17)6-10(12)18(20)21/h2-7,19H,1H3. The summed E-state index contributed by atoms with van der Waals surface area (Å²) in [6.45, 7) is 0. The van der Waals surface area contributed by atoms with Gasteiger partial charge in [0.15, 0.2) is 0 Å². The van der Waals surface area contributed by atoms with Crippen LogP contribution in [0.15, 0.2) is 41.3 Å². The molecule has 0 heterocycles. The zero-order valence-electron chi connectivity index (χ0n) is 11.6. The smallest absolute Gasteiger partial charge is 0.416 e. The molecule has 122 valence electrons. The number of phenols is 1. The molecule has 0 amide bonds. The van der Waals surface area contributed by atoms with E-state index in [2.05, 4.69) is 0 Å². The highest BCUT2D eigenvalue weighted by atomic mass is 32.2. The molecule has 0 aliphatic rings. The Morgan fingerprint density at radius 3 is 2.43 bits per heavy atom. The maximum Gasteiger partial charge on any atom is 0.416 e. The fraction of sp³-hybridized carbons (Fsp3) is 0.143. The van der Waals surface area contributed by atoms with Crippen molar-refractivity contribution in [1.82, 2.24) is 0 Å². The first-order chi connectivity index (χ1) is 10.7. The molecule has 0 unspecified atom stereocenters. The van der Waals surface area contributed by atoms with Gasteiger partial charge in [-0.3, -0.25) is 10.1 Å². The molecule has 2 aromatic rings. The Hall–Kier alpha value is -2.42. The average molecular weight is 345 g/mol. The number of hydrogen-bond donors (Lipinski definition) is 1. The molecule has 0 saturated heterocycles. The van der Waals surface area contributed by atoms with Crippen LogP contribution in [0.1, 0.15) is 5.56 Å². The van der Waals surface area contributed by atoms with Crippen molar-refractivity contribution in [3.05, 3.63) is 52.1 Å². The predicted molar refractivity (Wildman–Crippen MR) is 78.1 cm³/mol. The molecule has 2 aromatic carbocycles. The van der Waals surface area contributed by atoms with Gasteiger partial charge in [-0.1, -0.05) is 0 Å². The van der Waals surface area contributed by atoms with Crippen LogP contribution in [0.5, 0.6) is 17.2 Å². The summed E-state index contributed by atoms with van der Waals surface area (Å²) in [5.74, 6) is -0.368. The van der Waals surface area contributed by atoms with Crippen molar-refractivity contribution in [1.29, 1.82) is 0 Å². The van der Waals surface area contributed by atoms with E-state index < -0.39 is 22.4 Å². The quantitative estimate of drug-likeness (QED) is 0.488. The number of nitrogens with zero attached hydrogens (tertiary/aromatic N) is 1. The van der Waals surface area contributed by atoms with Crippen molar-refractivity contribution in [2.45, 2.75) is 11.1 Å². The Balaban J connectivity index is 2.39. The molecule has 5 nitrogen and oxygen atoms in total. The summed E-state index contributed by atoms with van der Waals surface area (Å²) in [6.07, 6.45) is -2.95. The lowest BCUT2D eigenvalue weighted by Gasteiger charge is -2.10. The second kappa shape index (κ2) is 6.37. The largest absolute Gasteiger partial charge is 0.507 e. The summed E-state index contributed by atoms with van der Waals surface area (Å²) in [5.41, 5.74) is -1.95. The van der Waals surface area contributed by atoms with Gasteiger partial charge in [-0.25, -0.2) is 0 Å². The predicted octanol–water partition coefficient (Wildman–Crippen LogP) is 4.83. The van der Waals surface area contributed by atoms with Crippen LogP contribution in [0.25, 0.3) is 0 Å². The molecule has 0 radical (unpaired) electrons. The van der Waals surface area contributed by atoms with E-state index in [4.69, 9.17) is 4.74 Å². The van der Waals surface area contributed by atoms with Gasteiger partial charge < -0.3 is 9.84 Å². The van der Waals surface area contributed by atoms with Crippen molar-refractivity contribution in [3.8, 4) is 17.2 Å². The summed E-state index contributed by atoms with van der Waals surface area (Å²) in [7, 11) is 0. The summed E-state index contributed by atoms with van der Waals surface area (Å²) in [5, 5.41) is 20.7. The van der Waals surface area contributed by atoms with Gasteiger partial charge in [-0.2, -0.15) is 13.2 Å². The first kappa shape index (κ1) is 16.9. The second-order valence-corrected chi connectivity index (χ2v) is 5.22. The van der Waals surface area contributed by atoms with Crippen molar-refractivity contribution in [2.75, 3.05) is 6.26 Å². The Labute approximate surface area is 132 Å². The van der Waals surface area contributed by atoms with Gasteiger partial charge in [-0.05, 0) is 30.5 Å². The number of nitro groups is 1. The van der Waals surface area contributed by atoms with Gasteiger partial charge in [0.05, 0.1) is 10.5 Å². The van der Waals surface area contributed by atoms with Crippen molar-refractivity contribution in [2.24, 2.45) is 0 Å². The lowest BCUT2D eigenvalue weighted by Crippen LogP contribution is -2.06. The van der Waals surface area contributed by atoms with Gasteiger partial charge in [0.2, 0.25) is 5.75 Å². The Morgan fingerprint density at radius 2 is 1.91 bits per heavy atom. The molecule has 23 heavy (non-hydrogen) atoms. The van der Waals surface area contributed by atoms with E-state index in [-0.39, 0.29) is 17.2 Å². The highest BCUT2D eigenvalue weighted by Crippen LogP contribution is 2.39. The van der Waals surface area contributed by atoms with Crippen LogP contribution in [0.4, 0.5) is 18.9 Å². The van der Waals surface area contributed by atoms with Crippen LogP contribution in [0, 0.1) is 10.1 Å². The lowest BCUT2D eigenvalue weighted by molar-refractivity contribution is -0.385. The normalized spacial score (nSPS) is 11.3. The van der Waals surface area contributed by atoms with Gasteiger partial charge in [0.25, 0.3) is 0 Å². The number of nitro benzene ring substituents is 1. The molecule has 0 spiro atoms. The first-order valence-corrected chi connectivity index (χ1v) is 7.35. The lowest BCUT2D eigenvalue weighted by atomic mass is 10.2.